The Morgan fingerprint density at radius 1 is 1.46 bits per heavy atom. The minimum absolute atomic E-state index is 0.0121. The SMILES string of the molecule is NC1SC2=C3C(=NC(=O)C31)CCC2. The van der Waals surface area contributed by atoms with Crippen LogP contribution in [0.5, 0.6) is 0 Å². The van der Waals surface area contributed by atoms with Crippen LogP contribution in [0.25, 0.3) is 0 Å². The Morgan fingerprint density at radius 2 is 2.31 bits per heavy atom. The molecule has 3 aliphatic rings. The number of rotatable bonds is 0. The molecule has 2 heterocycles. The van der Waals surface area contributed by atoms with Gasteiger partial charge in [0.1, 0.15) is 0 Å². The summed E-state index contributed by atoms with van der Waals surface area (Å²) in [6, 6.07) is 0. The first-order valence-corrected chi connectivity index (χ1v) is 5.42. The highest BCUT2D eigenvalue weighted by atomic mass is 32.2. The van der Waals surface area contributed by atoms with Crippen LogP contribution in [0.2, 0.25) is 0 Å². The van der Waals surface area contributed by atoms with Crippen LogP contribution in [0.1, 0.15) is 19.3 Å². The van der Waals surface area contributed by atoms with E-state index in [4.69, 9.17) is 5.73 Å². The first-order chi connectivity index (χ1) is 6.27. The van der Waals surface area contributed by atoms with Crippen molar-refractivity contribution >= 4 is 23.4 Å². The lowest BCUT2D eigenvalue weighted by molar-refractivity contribution is -0.119. The second kappa shape index (κ2) is 2.45. The van der Waals surface area contributed by atoms with E-state index in [9.17, 15) is 4.79 Å². The van der Waals surface area contributed by atoms with Gasteiger partial charge >= 0.3 is 0 Å². The summed E-state index contributed by atoms with van der Waals surface area (Å²) in [6.07, 6.45) is 3.18. The number of thioether (sulfide) groups is 1. The van der Waals surface area contributed by atoms with Crippen molar-refractivity contribution in [3.63, 3.8) is 0 Å². The molecule has 0 saturated heterocycles. The Bertz CT molecular complexity index is 359. The predicted molar refractivity (Wildman–Crippen MR) is 52.4 cm³/mol. The summed E-state index contributed by atoms with van der Waals surface area (Å²) in [5.74, 6) is -0.114. The Morgan fingerprint density at radius 3 is 3.15 bits per heavy atom. The molecule has 2 unspecified atom stereocenters. The number of allylic oxidation sites excluding steroid dienone is 1. The second-order valence-corrected chi connectivity index (χ2v) is 4.92. The van der Waals surface area contributed by atoms with Gasteiger partial charge < -0.3 is 5.73 Å². The minimum atomic E-state index is -0.102. The molecule has 0 aromatic carbocycles. The van der Waals surface area contributed by atoms with Gasteiger partial charge in [-0.2, -0.15) is 0 Å². The van der Waals surface area contributed by atoms with Gasteiger partial charge in [0.2, 0.25) is 0 Å². The number of aliphatic imine (C=N–C) groups is 1. The first kappa shape index (κ1) is 7.76. The Labute approximate surface area is 80.5 Å². The standard InChI is InChI=1S/C9H10N2OS/c10-8-7-6-4(11-9(7)12)2-1-3-5(6)13-8/h7-8H,1-3,10H2. The van der Waals surface area contributed by atoms with Gasteiger partial charge in [-0.25, -0.2) is 4.99 Å². The first-order valence-electron chi connectivity index (χ1n) is 4.54. The maximum atomic E-state index is 11.5. The zero-order chi connectivity index (χ0) is 9.00. The van der Waals surface area contributed by atoms with Crippen molar-refractivity contribution in [1.82, 2.24) is 0 Å². The smallest absolute Gasteiger partial charge is 0.256 e. The number of carbonyl (C=O) groups is 1. The van der Waals surface area contributed by atoms with Gasteiger partial charge in [-0.3, -0.25) is 4.79 Å². The van der Waals surface area contributed by atoms with Gasteiger partial charge in [-0.1, -0.05) is 0 Å². The quantitative estimate of drug-likeness (QED) is 0.627. The van der Waals surface area contributed by atoms with Crippen molar-refractivity contribution in [2.45, 2.75) is 24.6 Å². The lowest BCUT2D eigenvalue weighted by Gasteiger charge is -2.12. The highest BCUT2D eigenvalue weighted by molar-refractivity contribution is 8.04. The molecule has 0 radical (unpaired) electrons. The molecule has 3 nitrogen and oxygen atoms in total. The van der Waals surface area contributed by atoms with E-state index in [0.29, 0.717) is 0 Å². The van der Waals surface area contributed by atoms with E-state index in [-0.39, 0.29) is 17.2 Å². The summed E-state index contributed by atoms with van der Waals surface area (Å²) in [5, 5.41) is -0.0724. The lowest BCUT2D eigenvalue weighted by atomic mass is 9.90. The fourth-order valence-electron chi connectivity index (χ4n) is 2.30. The van der Waals surface area contributed by atoms with Crippen molar-refractivity contribution in [1.29, 1.82) is 0 Å². The molecule has 68 valence electrons. The number of hydrogen-bond acceptors (Lipinski definition) is 3. The van der Waals surface area contributed by atoms with Crippen molar-refractivity contribution in [3.8, 4) is 0 Å². The number of amides is 1. The van der Waals surface area contributed by atoms with Gasteiger partial charge in [0.05, 0.1) is 11.3 Å². The Balaban J connectivity index is 2.15. The summed E-state index contributed by atoms with van der Waals surface area (Å²) >= 11 is 1.67. The third kappa shape index (κ3) is 0.901. The molecular weight excluding hydrogens is 184 g/mol. The summed E-state index contributed by atoms with van der Waals surface area (Å²) in [6.45, 7) is 0. The van der Waals surface area contributed by atoms with Gasteiger partial charge in [0.15, 0.2) is 0 Å². The molecule has 0 fully saturated rings. The molecule has 1 amide bonds. The summed E-state index contributed by atoms with van der Waals surface area (Å²) in [5.41, 5.74) is 8.11. The van der Waals surface area contributed by atoms with Crippen LogP contribution in [0.3, 0.4) is 0 Å². The van der Waals surface area contributed by atoms with Crippen LogP contribution in [0.15, 0.2) is 15.5 Å². The van der Waals surface area contributed by atoms with Crippen LogP contribution < -0.4 is 5.73 Å². The summed E-state index contributed by atoms with van der Waals surface area (Å²) in [7, 11) is 0. The van der Waals surface area contributed by atoms with E-state index >= 15 is 0 Å². The zero-order valence-electron chi connectivity index (χ0n) is 7.12. The fourth-order valence-corrected chi connectivity index (χ4v) is 3.65. The largest absolute Gasteiger partial charge is 0.318 e. The predicted octanol–water partition coefficient (Wildman–Crippen LogP) is 1.05. The molecule has 2 aliphatic heterocycles. The molecule has 4 heteroatoms. The minimum Gasteiger partial charge on any atom is -0.318 e. The lowest BCUT2D eigenvalue weighted by Crippen LogP contribution is -2.27. The van der Waals surface area contributed by atoms with Crippen molar-refractivity contribution in [3.05, 3.63) is 10.5 Å². The fraction of sp³-hybridized carbons (Fsp3) is 0.556. The van der Waals surface area contributed by atoms with Crippen molar-refractivity contribution in [2.24, 2.45) is 16.6 Å². The Hall–Kier alpha value is -0.610. The molecule has 0 aromatic heterocycles. The molecule has 3 rings (SSSR count). The number of carbonyl (C=O) groups excluding carboxylic acids is 1. The molecule has 13 heavy (non-hydrogen) atoms. The normalized spacial score (nSPS) is 36.7. The maximum absolute atomic E-state index is 11.5. The number of nitrogens with two attached hydrogens (primary N) is 1. The van der Waals surface area contributed by atoms with Crippen LogP contribution >= 0.6 is 11.8 Å². The monoisotopic (exact) mass is 194 g/mol. The highest BCUT2D eigenvalue weighted by Crippen LogP contribution is 2.48. The Kier molecular flexibility index (Phi) is 1.46. The molecule has 1 aliphatic carbocycles. The molecular formula is C9H10N2OS. The average Bonchev–Trinajstić information content (AvgIpc) is 2.57. The highest BCUT2D eigenvalue weighted by Gasteiger charge is 2.45. The molecule has 2 atom stereocenters. The van der Waals surface area contributed by atoms with Crippen molar-refractivity contribution in [2.75, 3.05) is 0 Å². The summed E-state index contributed by atoms with van der Waals surface area (Å²) in [4.78, 5) is 16.9. The van der Waals surface area contributed by atoms with Crippen LogP contribution in [0, 0.1) is 5.92 Å². The van der Waals surface area contributed by atoms with Gasteiger partial charge in [0, 0.05) is 5.71 Å². The van der Waals surface area contributed by atoms with E-state index in [1.165, 1.54) is 10.5 Å². The average molecular weight is 194 g/mol. The maximum Gasteiger partial charge on any atom is 0.256 e. The number of hydrogen-bond donors (Lipinski definition) is 1. The topological polar surface area (TPSA) is 55.4 Å². The van der Waals surface area contributed by atoms with Crippen LogP contribution in [-0.2, 0) is 4.79 Å². The van der Waals surface area contributed by atoms with E-state index in [0.717, 1.165) is 25.0 Å². The van der Waals surface area contributed by atoms with E-state index in [1.54, 1.807) is 11.8 Å². The molecule has 2 N–H and O–H groups in total. The summed E-state index contributed by atoms with van der Waals surface area (Å²) < 4.78 is 0. The number of nitrogens with zero attached hydrogens (tertiary/aromatic N) is 1. The molecule has 0 aromatic rings. The van der Waals surface area contributed by atoms with Gasteiger partial charge in [-0.05, 0) is 29.7 Å². The molecule has 0 saturated carbocycles. The molecule has 0 bridgehead atoms. The third-order valence-electron chi connectivity index (χ3n) is 2.86. The van der Waals surface area contributed by atoms with Gasteiger partial charge in [-0.15, -0.1) is 11.8 Å². The van der Waals surface area contributed by atoms with Crippen LogP contribution in [-0.4, -0.2) is 17.0 Å². The van der Waals surface area contributed by atoms with E-state index in [2.05, 4.69) is 4.99 Å². The van der Waals surface area contributed by atoms with E-state index < -0.39 is 0 Å². The van der Waals surface area contributed by atoms with Gasteiger partial charge in [0.25, 0.3) is 5.91 Å². The zero-order valence-corrected chi connectivity index (χ0v) is 7.93. The van der Waals surface area contributed by atoms with E-state index in [1.807, 2.05) is 0 Å². The molecule has 0 spiro atoms. The van der Waals surface area contributed by atoms with Crippen LogP contribution in [0.4, 0.5) is 0 Å². The second-order valence-electron chi connectivity index (χ2n) is 3.65. The third-order valence-corrected chi connectivity index (χ3v) is 4.11. The van der Waals surface area contributed by atoms with Crippen molar-refractivity contribution < 1.29 is 4.79 Å².